The van der Waals surface area contributed by atoms with E-state index in [1.165, 1.54) is 11.1 Å². The Balaban J connectivity index is 1.45. The average molecular weight is 380 g/mol. The minimum absolute atomic E-state index is 0.0392. The molecule has 2 aromatic rings. The number of morpholine rings is 1. The molecule has 28 heavy (non-hydrogen) atoms. The van der Waals surface area contributed by atoms with Crippen LogP contribution in [0, 0.1) is 0 Å². The number of amides is 1. The van der Waals surface area contributed by atoms with Gasteiger partial charge in [0, 0.05) is 26.1 Å². The highest BCUT2D eigenvalue weighted by atomic mass is 16.6. The summed E-state index contributed by atoms with van der Waals surface area (Å²) in [4.78, 5) is 17.0. The van der Waals surface area contributed by atoms with Crippen LogP contribution in [0.3, 0.4) is 0 Å². The molecular weight excluding hydrogens is 352 g/mol. The Morgan fingerprint density at radius 3 is 2.36 bits per heavy atom. The molecule has 5 nitrogen and oxygen atoms in total. The minimum Gasteiger partial charge on any atom is -0.444 e. The van der Waals surface area contributed by atoms with E-state index in [1.807, 2.05) is 41.3 Å². The van der Waals surface area contributed by atoms with Gasteiger partial charge in [0.15, 0.2) is 0 Å². The maximum Gasteiger partial charge on any atom is 0.410 e. The molecule has 4 rings (SSSR count). The van der Waals surface area contributed by atoms with E-state index in [4.69, 9.17) is 9.47 Å². The fourth-order valence-electron chi connectivity index (χ4n) is 4.09. The number of cyclic esters (lactones) is 1. The van der Waals surface area contributed by atoms with E-state index in [-0.39, 0.29) is 18.2 Å². The van der Waals surface area contributed by atoms with Crippen molar-refractivity contribution in [3.63, 3.8) is 0 Å². The van der Waals surface area contributed by atoms with Crippen molar-refractivity contribution in [1.29, 1.82) is 0 Å². The maximum atomic E-state index is 12.7. The Labute approximate surface area is 166 Å². The summed E-state index contributed by atoms with van der Waals surface area (Å²) in [5.41, 5.74) is 2.37. The molecule has 2 saturated heterocycles. The van der Waals surface area contributed by atoms with Gasteiger partial charge in [-0.15, -0.1) is 0 Å². The van der Waals surface area contributed by atoms with Gasteiger partial charge in [-0.25, -0.2) is 4.79 Å². The zero-order chi connectivity index (χ0) is 19.2. The number of hydrogen-bond acceptors (Lipinski definition) is 4. The summed E-state index contributed by atoms with van der Waals surface area (Å²) in [5, 5.41) is 0. The highest BCUT2D eigenvalue weighted by Gasteiger charge is 2.36. The number of rotatable bonds is 7. The van der Waals surface area contributed by atoms with Crippen LogP contribution in [0.15, 0.2) is 60.7 Å². The number of carbonyl (C=O) groups excluding carboxylic acids is 1. The highest BCUT2D eigenvalue weighted by Crippen LogP contribution is 2.30. The summed E-state index contributed by atoms with van der Waals surface area (Å²) in [7, 11) is 0. The minimum atomic E-state index is -0.197. The lowest BCUT2D eigenvalue weighted by molar-refractivity contribution is 0.0341. The molecule has 2 aliphatic heterocycles. The molecule has 0 aliphatic carbocycles. The second-order valence-electron chi connectivity index (χ2n) is 7.52. The van der Waals surface area contributed by atoms with Crippen molar-refractivity contribution in [3.8, 4) is 0 Å². The number of ether oxygens (including phenoxy) is 2. The van der Waals surface area contributed by atoms with E-state index >= 15 is 0 Å². The number of hydrogen-bond donors (Lipinski definition) is 0. The molecule has 0 bridgehead atoms. The molecule has 1 amide bonds. The standard InChI is InChI=1S/C23H28N2O3/c26-23-25(18-21(28-23)17-19-7-3-1-4-8-19)22(20-9-5-2-6-10-20)11-12-24-13-15-27-16-14-24/h1-10,21-22H,11-18H2. The topological polar surface area (TPSA) is 42.0 Å². The third kappa shape index (κ3) is 4.72. The Bertz CT molecular complexity index is 747. The van der Waals surface area contributed by atoms with Crippen molar-refractivity contribution in [1.82, 2.24) is 9.80 Å². The number of benzene rings is 2. The monoisotopic (exact) mass is 380 g/mol. The van der Waals surface area contributed by atoms with Crippen LogP contribution >= 0.6 is 0 Å². The second kappa shape index (κ2) is 9.22. The second-order valence-corrected chi connectivity index (χ2v) is 7.52. The van der Waals surface area contributed by atoms with Crippen molar-refractivity contribution in [2.75, 3.05) is 39.4 Å². The van der Waals surface area contributed by atoms with Gasteiger partial charge in [0.05, 0.1) is 25.8 Å². The molecule has 2 aliphatic rings. The molecule has 0 spiro atoms. The molecule has 148 valence electrons. The van der Waals surface area contributed by atoms with Gasteiger partial charge < -0.3 is 9.47 Å². The van der Waals surface area contributed by atoms with Gasteiger partial charge in [0.1, 0.15) is 6.10 Å². The van der Waals surface area contributed by atoms with Crippen molar-refractivity contribution in [2.45, 2.75) is 25.0 Å². The molecule has 2 fully saturated rings. The third-order valence-electron chi connectivity index (χ3n) is 5.59. The van der Waals surface area contributed by atoms with Crippen LogP contribution in [0.2, 0.25) is 0 Å². The molecule has 2 heterocycles. The normalized spacial score (nSPS) is 21.5. The van der Waals surface area contributed by atoms with Crippen molar-refractivity contribution < 1.29 is 14.3 Å². The predicted molar refractivity (Wildman–Crippen MR) is 108 cm³/mol. The number of nitrogens with zero attached hydrogens (tertiary/aromatic N) is 2. The lowest BCUT2D eigenvalue weighted by Crippen LogP contribution is -2.39. The summed E-state index contributed by atoms with van der Waals surface area (Å²) in [6, 6.07) is 20.6. The summed E-state index contributed by atoms with van der Waals surface area (Å²) in [6.45, 7) is 5.10. The molecule has 2 unspecified atom stereocenters. The van der Waals surface area contributed by atoms with Gasteiger partial charge in [-0.2, -0.15) is 0 Å². The van der Waals surface area contributed by atoms with Crippen LogP contribution in [0.4, 0.5) is 4.79 Å². The van der Waals surface area contributed by atoms with Crippen LogP contribution in [0.5, 0.6) is 0 Å². The van der Waals surface area contributed by atoms with Gasteiger partial charge in [-0.3, -0.25) is 9.80 Å². The zero-order valence-corrected chi connectivity index (χ0v) is 16.2. The molecule has 0 N–H and O–H groups in total. The van der Waals surface area contributed by atoms with Crippen LogP contribution in [-0.4, -0.2) is 61.4 Å². The van der Waals surface area contributed by atoms with Crippen molar-refractivity contribution >= 4 is 6.09 Å². The quantitative estimate of drug-likeness (QED) is 0.737. The fraction of sp³-hybridized carbons (Fsp3) is 0.435. The maximum absolute atomic E-state index is 12.7. The first-order valence-electron chi connectivity index (χ1n) is 10.2. The first-order valence-corrected chi connectivity index (χ1v) is 10.2. The average Bonchev–Trinajstić information content (AvgIpc) is 3.10. The smallest absolute Gasteiger partial charge is 0.410 e. The van der Waals surface area contributed by atoms with Gasteiger partial charge in [0.25, 0.3) is 0 Å². The van der Waals surface area contributed by atoms with Gasteiger partial charge in [-0.1, -0.05) is 60.7 Å². The Kier molecular flexibility index (Phi) is 6.24. The van der Waals surface area contributed by atoms with E-state index < -0.39 is 0 Å². The van der Waals surface area contributed by atoms with E-state index in [2.05, 4.69) is 29.2 Å². The molecule has 0 radical (unpaired) electrons. The first kappa shape index (κ1) is 19.0. The fourth-order valence-corrected chi connectivity index (χ4v) is 4.09. The highest BCUT2D eigenvalue weighted by molar-refractivity contribution is 5.70. The third-order valence-corrected chi connectivity index (χ3v) is 5.59. The number of carbonyl (C=O) groups is 1. The Morgan fingerprint density at radius 1 is 0.964 bits per heavy atom. The Hall–Kier alpha value is -2.37. The van der Waals surface area contributed by atoms with Gasteiger partial charge in [-0.05, 0) is 17.5 Å². The predicted octanol–water partition coefficient (Wildman–Crippen LogP) is 3.51. The molecule has 2 atom stereocenters. The largest absolute Gasteiger partial charge is 0.444 e. The van der Waals surface area contributed by atoms with E-state index in [0.717, 1.165) is 45.7 Å². The molecule has 0 aromatic heterocycles. The summed E-state index contributed by atoms with van der Waals surface area (Å²) >= 11 is 0. The van der Waals surface area contributed by atoms with Crippen LogP contribution in [-0.2, 0) is 15.9 Å². The molecule has 2 aromatic carbocycles. The zero-order valence-electron chi connectivity index (χ0n) is 16.2. The lowest BCUT2D eigenvalue weighted by Gasteiger charge is -2.31. The summed E-state index contributed by atoms with van der Waals surface area (Å²) < 4.78 is 11.2. The van der Waals surface area contributed by atoms with Crippen LogP contribution in [0.25, 0.3) is 0 Å². The molecule has 0 saturated carbocycles. The van der Waals surface area contributed by atoms with E-state index in [9.17, 15) is 4.79 Å². The van der Waals surface area contributed by atoms with Gasteiger partial charge in [0.2, 0.25) is 0 Å². The van der Waals surface area contributed by atoms with Gasteiger partial charge >= 0.3 is 6.09 Å². The first-order chi connectivity index (χ1) is 13.8. The van der Waals surface area contributed by atoms with Crippen LogP contribution < -0.4 is 0 Å². The van der Waals surface area contributed by atoms with E-state index in [1.54, 1.807) is 0 Å². The summed E-state index contributed by atoms with van der Waals surface area (Å²) in [5.74, 6) is 0. The SMILES string of the molecule is O=C1OC(Cc2ccccc2)CN1C(CCN1CCOCC1)c1ccccc1. The van der Waals surface area contributed by atoms with Crippen LogP contribution in [0.1, 0.15) is 23.6 Å². The summed E-state index contributed by atoms with van der Waals surface area (Å²) in [6.07, 6.45) is 1.37. The van der Waals surface area contributed by atoms with Crippen molar-refractivity contribution in [3.05, 3.63) is 71.8 Å². The lowest BCUT2D eigenvalue weighted by atomic mass is 10.0. The van der Waals surface area contributed by atoms with Crippen molar-refractivity contribution in [2.24, 2.45) is 0 Å². The Morgan fingerprint density at radius 2 is 1.64 bits per heavy atom. The van der Waals surface area contributed by atoms with E-state index in [0.29, 0.717) is 6.54 Å². The molecule has 5 heteroatoms. The molecular formula is C23H28N2O3.